The Kier molecular flexibility index (Phi) is 5.02. The fraction of sp³-hybridized carbons (Fsp3) is 0.714. The summed E-state index contributed by atoms with van der Waals surface area (Å²) < 4.78 is 5.31. The Bertz CT molecular complexity index is 204. The second-order valence-corrected chi connectivity index (χ2v) is 4.02. The van der Waals surface area contributed by atoms with Gasteiger partial charge in [0.2, 0.25) is 0 Å². The van der Waals surface area contributed by atoms with Gasteiger partial charge in [-0.15, -0.1) is 0 Å². The van der Waals surface area contributed by atoms with E-state index in [1.165, 1.54) is 5.82 Å². The van der Waals surface area contributed by atoms with E-state index >= 15 is 0 Å². The number of hydrogen-bond acceptors (Lipinski definition) is 5. The predicted molar refractivity (Wildman–Crippen MR) is 52.9 cm³/mol. The third-order valence-electron chi connectivity index (χ3n) is 1.85. The summed E-state index contributed by atoms with van der Waals surface area (Å²) in [6, 6.07) is -0.555. The maximum atomic E-state index is 9.21. The summed E-state index contributed by atoms with van der Waals surface area (Å²) >= 11 is 0. The van der Waals surface area contributed by atoms with Gasteiger partial charge in [0, 0.05) is 19.1 Å². The molecule has 1 saturated heterocycles. The normalized spacial score (nSPS) is 31.1. The van der Waals surface area contributed by atoms with E-state index in [-0.39, 0.29) is 12.6 Å². The first-order valence-electron chi connectivity index (χ1n) is 4.28. The molecule has 78 valence electrons. The third-order valence-corrected chi connectivity index (χ3v) is 2.28. The first kappa shape index (κ1) is 12.1. The van der Waals surface area contributed by atoms with Gasteiger partial charge in [-0.1, -0.05) is 6.08 Å². The molecule has 0 aromatic heterocycles. The van der Waals surface area contributed by atoms with Crippen LogP contribution in [0.1, 0.15) is 6.42 Å². The molecule has 0 spiro atoms. The van der Waals surface area contributed by atoms with Gasteiger partial charge in [0.1, 0.15) is 7.85 Å². The number of nitrogens with zero attached hydrogens (tertiary/aromatic N) is 1. The molecule has 0 bridgehead atoms. The predicted octanol–water partition coefficient (Wildman–Crippen LogP) is -0.229. The number of ether oxygens (including phenoxy) is 1. The molecule has 3 N–H and O–H groups in total. The second-order valence-electron chi connectivity index (χ2n) is 3.08. The van der Waals surface area contributed by atoms with Crippen LogP contribution in [-0.2, 0) is 4.74 Å². The highest BCUT2D eigenvalue weighted by molar-refractivity contribution is 7.48. The van der Waals surface area contributed by atoms with Gasteiger partial charge in [0.05, 0.1) is 6.10 Å². The summed E-state index contributed by atoms with van der Waals surface area (Å²) in [5, 5.41) is 10.3. The smallest absolute Gasteiger partial charge is 0.191 e. The summed E-state index contributed by atoms with van der Waals surface area (Å²) in [6.45, 7) is 0.717. The lowest BCUT2D eigenvalue weighted by Gasteiger charge is -2.15. The average Bonchev–Trinajstić information content (AvgIpc) is 2.23. The molecule has 1 aliphatic rings. The van der Waals surface area contributed by atoms with Crippen LogP contribution in [-0.4, -0.2) is 53.1 Å². The van der Waals surface area contributed by atoms with Crippen molar-refractivity contribution in [2.75, 3.05) is 13.1 Å². The summed E-state index contributed by atoms with van der Waals surface area (Å²) in [5.74, 6) is 1.28. The van der Waals surface area contributed by atoms with Crippen LogP contribution in [0.5, 0.6) is 0 Å². The van der Waals surface area contributed by atoms with Gasteiger partial charge in [-0.2, -0.15) is 5.06 Å². The van der Waals surface area contributed by atoms with Crippen molar-refractivity contribution in [1.29, 1.82) is 0 Å². The van der Waals surface area contributed by atoms with Crippen molar-refractivity contribution in [2.24, 2.45) is 0 Å². The van der Waals surface area contributed by atoms with E-state index in [0.29, 0.717) is 13.0 Å². The zero-order chi connectivity index (χ0) is 10.6. The molecule has 1 heterocycles. The molecule has 1 aliphatic heterocycles. The Balaban J connectivity index is 2.45. The maximum Gasteiger partial charge on any atom is 0.191 e. The van der Waals surface area contributed by atoms with Gasteiger partial charge in [-0.25, -0.2) is 0 Å². The largest absolute Gasteiger partial charge is 0.379 e. The van der Waals surface area contributed by atoms with Crippen molar-refractivity contribution in [3.8, 4) is 0 Å². The zero-order valence-electron chi connectivity index (χ0n) is 7.65. The molecule has 0 aromatic rings. The van der Waals surface area contributed by atoms with Gasteiger partial charge < -0.3 is 19.7 Å². The van der Waals surface area contributed by atoms with Gasteiger partial charge in [-0.05, 0) is 12.2 Å². The highest BCUT2D eigenvalue weighted by atomic mass is 31.2. The van der Waals surface area contributed by atoms with Gasteiger partial charge in [0.15, 0.2) is 8.38 Å². The van der Waals surface area contributed by atoms with Crippen LogP contribution >= 0.6 is 8.38 Å². The molecule has 1 rings (SSSR count). The van der Waals surface area contributed by atoms with Crippen molar-refractivity contribution in [1.82, 2.24) is 5.06 Å². The lowest BCUT2D eigenvalue weighted by Crippen LogP contribution is -2.29. The van der Waals surface area contributed by atoms with Crippen LogP contribution in [0.25, 0.3) is 0 Å². The monoisotopic (exact) mass is 217 g/mol. The molecule has 0 aromatic carbocycles. The highest BCUT2D eigenvalue weighted by Gasteiger charge is 2.18. The number of hydrogen-bond donors (Lipinski definition) is 3. The quantitative estimate of drug-likeness (QED) is 0.440. The molecule has 0 aliphatic carbocycles. The molecular weight excluding hydrogens is 204 g/mol. The summed E-state index contributed by atoms with van der Waals surface area (Å²) in [7, 11) is 3.51. The van der Waals surface area contributed by atoms with Gasteiger partial charge in [-0.3, -0.25) is 0 Å². The fourth-order valence-electron chi connectivity index (χ4n) is 1.23. The molecule has 0 saturated carbocycles. The molecule has 2 radical (unpaired) electrons. The van der Waals surface area contributed by atoms with Crippen LogP contribution in [0.2, 0.25) is 0 Å². The van der Waals surface area contributed by atoms with Crippen molar-refractivity contribution in [2.45, 2.75) is 18.5 Å². The van der Waals surface area contributed by atoms with Crippen LogP contribution in [0.3, 0.4) is 0 Å². The molecule has 1 fully saturated rings. The van der Waals surface area contributed by atoms with E-state index in [0.717, 1.165) is 5.06 Å². The lowest BCUT2D eigenvalue weighted by atomic mass is 10.0. The van der Waals surface area contributed by atoms with E-state index in [2.05, 4.69) is 0 Å². The molecule has 2 atom stereocenters. The second kappa shape index (κ2) is 5.80. The minimum Gasteiger partial charge on any atom is -0.379 e. The van der Waals surface area contributed by atoms with E-state index in [1.807, 2.05) is 0 Å². The van der Waals surface area contributed by atoms with E-state index in [4.69, 9.17) is 22.4 Å². The van der Waals surface area contributed by atoms with Crippen LogP contribution in [0.4, 0.5) is 0 Å². The number of hydroxylamine groups is 2. The Labute approximate surface area is 85.3 Å². The fourth-order valence-corrected chi connectivity index (χ4v) is 1.57. The van der Waals surface area contributed by atoms with E-state index in [9.17, 15) is 5.21 Å². The molecule has 7 heteroatoms. The Hall–Kier alpha value is 0.0349. The molecular formula is C7H13BNO4P. The van der Waals surface area contributed by atoms with Crippen LogP contribution < -0.4 is 0 Å². The SMILES string of the molecule is [B]C1CN(O)CCC(/C=C/P(O)O)O1. The van der Waals surface area contributed by atoms with Crippen molar-refractivity contribution in [3.05, 3.63) is 11.9 Å². The van der Waals surface area contributed by atoms with Gasteiger partial charge >= 0.3 is 0 Å². The van der Waals surface area contributed by atoms with Crippen LogP contribution in [0.15, 0.2) is 11.9 Å². The third kappa shape index (κ3) is 4.51. The lowest BCUT2D eigenvalue weighted by molar-refractivity contribution is -0.0938. The van der Waals surface area contributed by atoms with Crippen molar-refractivity contribution < 1.29 is 19.7 Å². The maximum absolute atomic E-state index is 9.21. The minimum absolute atomic E-state index is 0.261. The molecule has 2 unspecified atom stereocenters. The average molecular weight is 217 g/mol. The van der Waals surface area contributed by atoms with Crippen molar-refractivity contribution >= 4 is 16.2 Å². The standard InChI is InChI=1S/C7H13BNO4P/c8-7-5-9(10)3-1-6(13-7)2-4-14(11)12/h2,4,6-7,10-12H,1,3,5H2/b4-2+. The molecule has 5 nitrogen and oxygen atoms in total. The van der Waals surface area contributed by atoms with Gasteiger partial charge in [0.25, 0.3) is 0 Å². The summed E-state index contributed by atoms with van der Waals surface area (Å²) in [6.07, 6.45) is 1.86. The first-order chi connectivity index (χ1) is 6.58. The van der Waals surface area contributed by atoms with Crippen LogP contribution in [0, 0.1) is 0 Å². The Morgan fingerprint density at radius 2 is 2.21 bits per heavy atom. The summed E-state index contributed by atoms with van der Waals surface area (Å²) in [5.41, 5.74) is 0. The minimum atomic E-state index is -2.04. The van der Waals surface area contributed by atoms with Crippen molar-refractivity contribution in [3.63, 3.8) is 0 Å². The zero-order valence-corrected chi connectivity index (χ0v) is 8.55. The molecule has 14 heavy (non-hydrogen) atoms. The Morgan fingerprint density at radius 3 is 2.86 bits per heavy atom. The number of rotatable bonds is 2. The molecule has 0 amide bonds. The topological polar surface area (TPSA) is 73.2 Å². The van der Waals surface area contributed by atoms with E-state index < -0.39 is 14.4 Å². The van der Waals surface area contributed by atoms with E-state index in [1.54, 1.807) is 6.08 Å². The first-order valence-corrected chi connectivity index (χ1v) is 5.59. The summed E-state index contributed by atoms with van der Waals surface area (Å²) in [4.78, 5) is 17.3. The highest BCUT2D eigenvalue weighted by Crippen LogP contribution is 2.25. The Morgan fingerprint density at radius 1 is 1.50 bits per heavy atom.